The molecule has 0 bridgehead atoms. The van der Waals surface area contributed by atoms with Crippen LogP contribution in [0.1, 0.15) is 57.1 Å². The molecule has 0 aromatic heterocycles. The number of carbonyl (C=O) groups excluding carboxylic acids is 1. The monoisotopic (exact) mass is 439 g/mol. The lowest BCUT2D eigenvalue weighted by molar-refractivity contribution is -0.143. The highest BCUT2D eigenvalue weighted by atomic mass is 19.4. The zero-order chi connectivity index (χ0) is 22.2. The summed E-state index contributed by atoms with van der Waals surface area (Å²) in [7, 11) is 0. The average molecular weight is 440 g/mol. The number of anilines is 1. The standard InChI is InChI=1S/C23H32F3N3O2/c1-15(2)22(9-5-19(14-22)27-18-7-11-31-12-8-18)21(30)29-10-6-16-13-17(23(24,25)26)3-4-20(16)28-29/h3-4,13,15,18-19,27-28H,5-12,14H2,1-2H3/t19-,22+/m0/s1. The Bertz CT molecular complexity index is 808. The van der Waals surface area contributed by atoms with Crippen molar-refractivity contribution in [2.45, 2.75) is 70.6 Å². The second-order valence-corrected chi connectivity index (χ2v) is 9.49. The van der Waals surface area contributed by atoms with Gasteiger partial charge in [-0.05, 0) is 68.2 Å². The van der Waals surface area contributed by atoms with Crippen molar-refractivity contribution in [3.05, 3.63) is 29.3 Å². The Labute approximate surface area is 181 Å². The fourth-order valence-electron chi connectivity index (χ4n) is 5.32. The third-order valence-electron chi connectivity index (χ3n) is 7.31. The molecule has 2 aliphatic heterocycles. The van der Waals surface area contributed by atoms with E-state index in [4.69, 9.17) is 4.74 Å². The molecule has 1 amide bonds. The van der Waals surface area contributed by atoms with E-state index in [2.05, 4.69) is 24.6 Å². The van der Waals surface area contributed by atoms with Crippen LogP contribution in [0.15, 0.2) is 18.2 Å². The van der Waals surface area contributed by atoms with Gasteiger partial charge < -0.3 is 10.1 Å². The molecule has 0 unspecified atom stereocenters. The highest BCUT2D eigenvalue weighted by Crippen LogP contribution is 2.46. The maximum Gasteiger partial charge on any atom is 0.416 e. The molecule has 31 heavy (non-hydrogen) atoms. The van der Waals surface area contributed by atoms with Gasteiger partial charge in [-0.2, -0.15) is 13.2 Å². The number of hydrogen-bond donors (Lipinski definition) is 2. The summed E-state index contributed by atoms with van der Waals surface area (Å²) in [4.78, 5) is 13.7. The number of ether oxygens (including phenoxy) is 1. The maximum atomic E-state index is 13.7. The van der Waals surface area contributed by atoms with E-state index >= 15 is 0 Å². The second kappa shape index (κ2) is 8.62. The molecule has 0 spiro atoms. The quantitative estimate of drug-likeness (QED) is 0.731. The van der Waals surface area contributed by atoms with Gasteiger partial charge in [0.15, 0.2) is 0 Å². The first-order valence-electron chi connectivity index (χ1n) is 11.3. The molecule has 5 nitrogen and oxygen atoms in total. The highest BCUT2D eigenvalue weighted by molar-refractivity contribution is 5.85. The van der Waals surface area contributed by atoms with Crippen molar-refractivity contribution in [1.29, 1.82) is 0 Å². The molecule has 1 aliphatic carbocycles. The average Bonchev–Trinajstić information content (AvgIpc) is 3.17. The number of halogens is 3. The van der Waals surface area contributed by atoms with Crippen molar-refractivity contribution in [3.8, 4) is 0 Å². The van der Waals surface area contributed by atoms with Gasteiger partial charge in [0, 0.05) is 31.8 Å². The minimum absolute atomic E-state index is 0.0596. The summed E-state index contributed by atoms with van der Waals surface area (Å²) in [6.07, 6.45) is 0.630. The SMILES string of the molecule is CC(C)[C@@]1(C(=O)N2CCc3cc(C(F)(F)F)ccc3N2)CC[C@H](NC2CCOCC2)C1. The molecule has 172 valence electrons. The van der Waals surface area contributed by atoms with Crippen molar-refractivity contribution >= 4 is 11.6 Å². The van der Waals surface area contributed by atoms with Gasteiger partial charge in [0.2, 0.25) is 5.91 Å². The number of hydrazine groups is 1. The van der Waals surface area contributed by atoms with E-state index in [1.54, 1.807) is 5.01 Å². The largest absolute Gasteiger partial charge is 0.416 e. The van der Waals surface area contributed by atoms with E-state index in [9.17, 15) is 18.0 Å². The molecule has 1 aromatic carbocycles. The fourth-order valence-corrected chi connectivity index (χ4v) is 5.32. The molecule has 3 aliphatic rings. The van der Waals surface area contributed by atoms with Gasteiger partial charge in [-0.25, -0.2) is 0 Å². The summed E-state index contributed by atoms with van der Waals surface area (Å²) in [5.74, 6) is 0.238. The minimum Gasteiger partial charge on any atom is -0.381 e. The summed E-state index contributed by atoms with van der Waals surface area (Å²) < 4.78 is 44.5. The summed E-state index contributed by atoms with van der Waals surface area (Å²) in [6, 6.07) is 4.44. The summed E-state index contributed by atoms with van der Waals surface area (Å²) in [5, 5.41) is 5.37. The van der Waals surface area contributed by atoms with Crippen LogP contribution in [0.25, 0.3) is 0 Å². The summed E-state index contributed by atoms with van der Waals surface area (Å²) in [5.41, 5.74) is 3.18. The molecule has 2 N–H and O–H groups in total. The van der Waals surface area contributed by atoms with Gasteiger partial charge in [0.05, 0.1) is 16.7 Å². The number of carbonyl (C=O) groups is 1. The van der Waals surface area contributed by atoms with Crippen molar-refractivity contribution in [1.82, 2.24) is 10.3 Å². The van der Waals surface area contributed by atoms with Crippen LogP contribution >= 0.6 is 0 Å². The van der Waals surface area contributed by atoms with E-state index in [0.29, 0.717) is 36.3 Å². The van der Waals surface area contributed by atoms with Crippen LogP contribution in [0.4, 0.5) is 18.9 Å². The normalized spacial score (nSPS) is 27.3. The summed E-state index contributed by atoms with van der Waals surface area (Å²) >= 11 is 0. The van der Waals surface area contributed by atoms with Crippen LogP contribution in [-0.4, -0.2) is 42.8 Å². The summed E-state index contributed by atoms with van der Waals surface area (Å²) in [6.45, 7) is 6.14. The van der Waals surface area contributed by atoms with Gasteiger partial charge in [0.1, 0.15) is 0 Å². The zero-order valence-electron chi connectivity index (χ0n) is 18.2. The van der Waals surface area contributed by atoms with E-state index in [0.717, 1.165) is 51.4 Å². The second-order valence-electron chi connectivity index (χ2n) is 9.49. The van der Waals surface area contributed by atoms with E-state index in [1.807, 2.05) is 0 Å². The number of nitrogens with zero attached hydrogens (tertiary/aromatic N) is 1. The third-order valence-corrected chi connectivity index (χ3v) is 7.31. The molecule has 2 heterocycles. The smallest absolute Gasteiger partial charge is 0.381 e. The Hall–Kier alpha value is -1.80. The van der Waals surface area contributed by atoms with Crippen LogP contribution in [0.2, 0.25) is 0 Å². The lowest BCUT2D eigenvalue weighted by Crippen LogP contribution is -2.51. The number of amides is 1. The molecule has 4 rings (SSSR count). The Balaban J connectivity index is 1.46. The number of fused-ring (bicyclic) bond motifs is 1. The number of rotatable bonds is 4. The van der Waals surface area contributed by atoms with Crippen LogP contribution in [0, 0.1) is 11.3 Å². The van der Waals surface area contributed by atoms with Gasteiger partial charge in [-0.1, -0.05) is 13.8 Å². The van der Waals surface area contributed by atoms with Crippen molar-refractivity contribution in [2.24, 2.45) is 11.3 Å². The fraction of sp³-hybridized carbons (Fsp3) is 0.696. The van der Waals surface area contributed by atoms with E-state index < -0.39 is 17.2 Å². The van der Waals surface area contributed by atoms with Crippen molar-refractivity contribution in [2.75, 3.05) is 25.2 Å². The van der Waals surface area contributed by atoms with E-state index in [-0.39, 0.29) is 11.8 Å². The predicted octanol–water partition coefficient (Wildman–Crippen LogP) is 4.38. The number of alkyl halides is 3. The molecule has 8 heteroatoms. The molecule has 1 saturated carbocycles. The van der Waals surface area contributed by atoms with Gasteiger partial charge in [0.25, 0.3) is 0 Å². The lowest BCUT2D eigenvalue weighted by Gasteiger charge is -2.40. The first-order chi connectivity index (χ1) is 14.7. The van der Waals surface area contributed by atoms with Crippen LogP contribution in [0.5, 0.6) is 0 Å². The molecular formula is C23H32F3N3O2. The highest BCUT2D eigenvalue weighted by Gasteiger charge is 2.50. The Morgan fingerprint density at radius 2 is 1.97 bits per heavy atom. The molecule has 1 aromatic rings. The van der Waals surface area contributed by atoms with Crippen LogP contribution in [-0.2, 0) is 22.1 Å². The maximum absolute atomic E-state index is 13.7. The predicted molar refractivity (Wildman–Crippen MR) is 112 cm³/mol. The first-order valence-corrected chi connectivity index (χ1v) is 11.3. The topological polar surface area (TPSA) is 53.6 Å². The Morgan fingerprint density at radius 3 is 2.65 bits per heavy atom. The van der Waals surface area contributed by atoms with Crippen molar-refractivity contribution in [3.63, 3.8) is 0 Å². The minimum atomic E-state index is -4.36. The molecular weight excluding hydrogens is 407 g/mol. The molecule has 2 fully saturated rings. The Morgan fingerprint density at radius 1 is 1.23 bits per heavy atom. The van der Waals surface area contributed by atoms with Crippen LogP contribution in [0.3, 0.4) is 0 Å². The molecule has 2 atom stereocenters. The number of hydrogen-bond acceptors (Lipinski definition) is 4. The zero-order valence-corrected chi connectivity index (χ0v) is 18.2. The van der Waals surface area contributed by atoms with Gasteiger partial charge in [-0.15, -0.1) is 0 Å². The number of nitrogens with one attached hydrogen (secondary N) is 2. The van der Waals surface area contributed by atoms with E-state index in [1.165, 1.54) is 12.1 Å². The van der Waals surface area contributed by atoms with Gasteiger partial charge in [-0.3, -0.25) is 15.2 Å². The lowest BCUT2D eigenvalue weighted by atomic mass is 9.74. The first kappa shape index (κ1) is 22.4. The molecule has 1 saturated heterocycles. The van der Waals surface area contributed by atoms with Crippen molar-refractivity contribution < 1.29 is 22.7 Å². The van der Waals surface area contributed by atoms with Crippen LogP contribution < -0.4 is 10.7 Å². The van der Waals surface area contributed by atoms with Gasteiger partial charge >= 0.3 is 6.18 Å². The third kappa shape index (κ3) is 4.55. The number of benzene rings is 1. The molecule has 0 radical (unpaired) electrons. The Kier molecular flexibility index (Phi) is 6.23.